The smallest absolute Gasteiger partial charge is 0.416 e. The number of nitriles is 1. The van der Waals surface area contributed by atoms with Gasteiger partial charge >= 0.3 is 12.4 Å². The molecular formula is C21H14ClF6N3O. The summed E-state index contributed by atoms with van der Waals surface area (Å²) in [5.74, 6) is -0.569. The lowest BCUT2D eigenvalue weighted by Crippen LogP contribution is -2.11. The lowest BCUT2D eigenvalue weighted by atomic mass is 10.1. The number of alkyl halides is 6. The molecule has 168 valence electrons. The van der Waals surface area contributed by atoms with Crippen molar-refractivity contribution in [2.75, 3.05) is 0 Å². The van der Waals surface area contributed by atoms with Gasteiger partial charge in [0.1, 0.15) is 18.4 Å². The predicted molar refractivity (Wildman–Crippen MR) is 104 cm³/mol. The van der Waals surface area contributed by atoms with E-state index in [4.69, 9.17) is 21.6 Å². The van der Waals surface area contributed by atoms with Crippen LogP contribution in [0.2, 0.25) is 5.02 Å². The molecule has 0 saturated carbocycles. The summed E-state index contributed by atoms with van der Waals surface area (Å²) >= 11 is 6.05. The van der Waals surface area contributed by atoms with Crippen molar-refractivity contribution in [2.45, 2.75) is 32.8 Å². The molecule has 0 amide bonds. The van der Waals surface area contributed by atoms with E-state index in [1.807, 2.05) is 6.07 Å². The van der Waals surface area contributed by atoms with Gasteiger partial charge in [-0.25, -0.2) is 4.68 Å². The van der Waals surface area contributed by atoms with Gasteiger partial charge in [-0.3, -0.25) is 0 Å². The Hall–Kier alpha value is -3.19. The molecule has 0 atom stereocenters. The molecule has 1 heterocycles. The summed E-state index contributed by atoms with van der Waals surface area (Å²) in [5.41, 5.74) is -0.629. The summed E-state index contributed by atoms with van der Waals surface area (Å²) in [4.78, 5) is 0. The first-order valence-electron chi connectivity index (χ1n) is 8.98. The third-order valence-electron chi connectivity index (χ3n) is 4.70. The molecule has 0 aliphatic carbocycles. The fraction of sp³-hybridized carbons (Fsp3) is 0.238. The van der Waals surface area contributed by atoms with E-state index in [2.05, 4.69) is 5.10 Å². The van der Waals surface area contributed by atoms with Crippen molar-refractivity contribution >= 4 is 11.6 Å². The monoisotopic (exact) mass is 473 g/mol. The minimum atomic E-state index is -4.97. The highest BCUT2D eigenvalue weighted by Crippen LogP contribution is 2.38. The molecule has 0 radical (unpaired) electrons. The quantitative estimate of drug-likeness (QED) is 0.400. The Labute approximate surface area is 183 Å². The van der Waals surface area contributed by atoms with Crippen molar-refractivity contribution in [2.24, 2.45) is 0 Å². The topological polar surface area (TPSA) is 50.8 Å². The number of hydrogen-bond acceptors (Lipinski definition) is 3. The Morgan fingerprint density at radius 1 is 1.00 bits per heavy atom. The number of aromatic nitrogens is 2. The molecule has 0 aliphatic rings. The maximum absolute atomic E-state index is 13.0. The molecule has 0 N–H and O–H groups in total. The SMILES string of the molecule is Cc1nn(-c2ccc(C#N)c(Cl)c2)c(C)c1COc1cc(C(F)(F)F)cc(C(F)(F)F)c1. The molecule has 11 heteroatoms. The summed E-state index contributed by atoms with van der Waals surface area (Å²) in [6.07, 6.45) is -9.93. The fourth-order valence-electron chi connectivity index (χ4n) is 3.03. The van der Waals surface area contributed by atoms with Crippen LogP contribution in [0.25, 0.3) is 5.69 Å². The molecule has 0 unspecified atom stereocenters. The van der Waals surface area contributed by atoms with Crippen LogP contribution in [0.15, 0.2) is 36.4 Å². The van der Waals surface area contributed by atoms with Crippen molar-refractivity contribution in [3.05, 3.63) is 75.1 Å². The van der Waals surface area contributed by atoms with Gasteiger partial charge in [-0.05, 0) is 50.2 Å². The van der Waals surface area contributed by atoms with Crippen LogP contribution in [0.4, 0.5) is 26.3 Å². The molecule has 0 saturated heterocycles. The van der Waals surface area contributed by atoms with E-state index in [-0.39, 0.29) is 23.3 Å². The van der Waals surface area contributed by atoms with Crippen LogP contribution in [-0.2, 0) is 19.0 Å². The van der Waals surface area contributed by atoms with Crippen LogP contribution in [0.5, 0.6) is 5.75 Å². The van der Waals surface area contributed by atoms with Crippen LogP contribution in [0, 0.1) is 25.2 Å². The molecule has 32 heavy (non-hydrogen) atoms. The van der Waals surface area contributed by atoms with Crippen molar-refractivity contribution < 1.29 is 31.1 Å². The molecular weight excluding hydrogens is 460 g/mol. The number of aryl methyl sites for hydroxylation is 1. The highest BCUT2D eigenvalue weighted by molar-refractivity contribution is 6.31. The molecule has 0 aliphatic heterocycles. The van der Waals surface area contributed by atoms with Crippen molar-refractivity contribution in [1.82, 2.24) is 9.78 Å². The standard InChI is InChI=1S/C21H14ClF6N3O/c1-11-18(12(2)31(30-11)16-4-3-13(9-29)19(22)8-16)10-32-17-6-14(20(23,24)25)5-15(7-17)21(26,27)28/h3-8H,10H2,1-2H3. The van der Waals surface area contributed by atoms with Gasteiger partial charge < -0.3 is 4.74 Å². The van der Waals surface area contributed by atoms with E-state index < -0.39 is 29.2 Å². The summed E-state index contributed by atoms with van der Waals surface area (Å²) in [6.45, 7) is 2.99. The van der Waals surface area contributed by atoms with Crippen LogP contribution in [0.3, 0.4) is 0 Å². The van der Waals surface area contributed by atoms with Crippen molar-refractivity contribution in [3.63, 3.8) is 0 Å². The van der Waals surface area contributed by atoms with Crippen molar-refractivity contribution in [3.8, 4) is 17.5 Å². The summed E-state index contributed by atoms with van der Waals surface area (Å²) in [5, 5.41) is 13.5. The second-order valence-electron chi connectivity index (χ2n) is 6.87. The van der Waals surface area contributed by atoms with Crippen LogP contribution < -0.4 is 4.74 Å². The zero-order valence-electron chi connectivity index (χ0n) is 16.6. The minimum Gasteiger partial charge on any atom is -0.489 e. The highest BCUT2D eigenvalue weighted by atomic mass is 35.5. The molecule has 0 spiro atoms. The minimum absolute atomic E-state index is 0.0377. The first-order valence-corrected chi connectivity index (χ1v) is 9.36. The van der Waals surface area contributed by atoms with Gasteiger partial charge in [0.15, 0.2) is 0 Å². The molecule has 1 aromatic heterocycles. The van der Waals surface area contributed by atoms with E-state index in [0.29, 0.717) is 34.8 Å². The average Bonchev–Trinajstić information content (AvgIpc) is 2.98. The van der Waals surface area contributed by atoms with Gasteiger partial charge in [-0.15, -0.1) is 0 Å². The van der Waals surface area contributed by atoms with Gasteiger partial charge in [-0.1, -0.05) is 11.6 Å². The van der Waals surface area contributed by atoms with E-state index in [1.54, 1.807) is 19.9 Å². The summed E-state index contributed by atoms with van der Waals surface area (Å²) in [6, 6.07) is 7.64. The number of nitrogens with zero attached hydrogens (tertiary/aromatic N) is 3. The van der Waals surface area contributed by atoms with Crippen LogP contribution in [0.1, 0.15) is 33.6 Å². The van der Waals surface area contributed by atoms with Gasteiger partial charge in [0.2, 0.25) is 0 Å². The Kier molecular flexibility index (Phi) is 6.15. The second kappa shape index (κ2) is 8.39. The number of halogens is 7. The molecule has 0 bridgehead atoms. The fourth-order valence-corrected chi connectivity index (χ4v) is 3.24. The van der Waals surface area contributed by atoms with E-state index >= 15 is 0 Å². The first-order chi connectivity index (χ1) is 14.8. The Balaban J connectivity index is 1.93. The third kappa shape index (κ3) is 4.83. The maximum Gasteiger partial charge on any atom is 0.416 e. The third-order valence-corrected chi connectivity index (χ3v) is 5.02. The Morgan fingerprint density at radius 3 is 2.09 bits per heavy atom. The molecule has 2 aromatic carbocycles. The Morgan fingerprint density at radius 2 is 1.59 bits per heavy atom. The molecule has 0 fully saturated rings. The summed E-state index contributed by atoms with van der Waals surface area (Å²) in [7, 11) is 0. The summed E-state index contributed by atoms with van der Waals surface area (Å²) < 4.78 is 85.0. The van der Waals surface area contributed by atoms with Crippen LogP contribution >= 0.6 is 11.6 Å². The average molecular weight is 474 g/mol. The van der Waals surface area contributed by atoms with Gasteiger partial charge in [0.25, 0.3) is 0 Å². The zero-order valence-corrected chi connectivity index (χ0v) is 17.3. The van der Waals surface area contributed by atoms with Crippen LogP contribution in [-0.4, -0.2) is 9.78 Å². The lowest BCUT2D eigenvalue weighted by Gasteiger charge is -2.15. The van der Waals surface area contributed by atoms with Gasteiger partial charge in [0.05, 0.1) is 33.1 Å². The van der Waals surface area contributed by atoms with Gasteiger partial charge in [-0.2, -0.15) is 36.7 Å². The Bertz CT molecular complexity index is 1180. The number of ether oxygens (including phenoxy) is 1. The molecule has 4 nitrogen and oxygen atoms in total. The number of rotatable bonds is 4. The maximum atomic E-state index is 13.0. The van der Waals surface area contributed by atoms with Gasteiger partial charge in [0, 0.05) is 11.3 Å². The highest BCUT2D eigenvalue weighted by Gasteiger charge is 2.37. The lowest BCUT2D eigenvalue weighted by molar-refractivity contribution is -0.143. The number of hydrogen-bond donors (Lipinski definition) is 0. The van der Waals surface area contributed by atoms with E-state index in [1.165, 1.54) is 16.8 Å². The largest absolute Gasteiger partial charge is 0.489 e. The van der Waals surface area contributed by atoms with E-state index in [0.717, 1.165) is 0 Å². The normalized spacial score (nSPS) is 12.0. The van der Waals surface area contributed by atoms with E-state index in [9.17, 15) is 26.3 Å². The second-order valence-corrected chi connectivity index (χ2v) is 7.27. The zero-order chi connectivity index (χ0) is 23.8. The first kappa shape index (κ1) is 23.5. The molecule has 3 rings (SSSR count). The number of benzene rings is 2. The van der Waals surface area contributed by atoms with Crippen molar-refractivity contribution in [1.29, 1.82) is 5.26 Å². The molecule has 3 aromatic rings. The predicted octanol–water partition coefficient (Wildman–Crippen LogP) is 6.63.